The second kappa shape index (κ2) is 9.96. The van der Waals surface area contributed by atoms with Crippen LogP contribution >= 0.6 is 23.4 Å². The zero-order valence-electron chi connectivity index (χ0n) is 12.1. The summed E-state index contributed by atoms with van der Waals surface area (Å²) in [5, 5.41) is 0. The van der Waals surface area contributed by atoms with Crippen molar-refractivity contribution in [1.82, 2.24) is 0 Å². The molecule has 0 aliphatic carbocycles. The van der Waals surface area contributed by atoms with Gasteiger partial charge in [-0.1, -0.05) is 47.0 Å². The highest BCUT2D eigenvalue weighted by Crippen LogP contribution is 2.26. The lowest BCUT2D eigenvalue weighted by atomic mass is 10.1. The van der Waals surface area contributed by atoms with Gasteiger partial charge < -0.3 is 4.74 Å². The van der Waals surface area contributed by atoms with Gasteiger partial charge in [-0.15, -0.1) is 11.6 Å². The topological polar surface area (TPSA) is 26.3 Å². The summed E-state index contributed by atoms with van der Waals surface area (Å²) < 4.78 is 5.59. The predicted octanol–water partition coefficient (Wildman–Crippen LogP) is 4.64. The Morgan fingerprint density at radius 3 is 2.44 bits per heavy atom. The number of carbonyl (C=O) groups excluding carboxylic acids is 1. The van der Waals surface area contributed by atoms with E-state index in [0.29, 0.717) is 0 Å². The second-order valence-electron chi connectivity index (χ2n) is 5.52. The zero-order valence-corrected chi connectivity index (χ0v) is 13.7. The fourth-order valence-electron chi connectivity index (χ4n) is 1.54. The lowest BCUT2D eigenvalue weighted by Gasteiger charge is -2.23. The maximum Gasteiger partial charge on any atom is 0.321 e. The molecule has 0 amide bonds. The average Bonchev–Trinajstić information content (AvgIpc) is 2.29. The van der Waals surface area contributed by atoms with Crippen LogP contribution < -0.4 is 0 Å². The van der Waals surface area contributed by atoms with Gasteiger partial charge in [0.2, 0.25) is 0 Å². The van der Waals surface area contributed by atoms with Gasteiger partial charge in [0.25, 0.3) is 0 Å². The minimum Gasteiger partial charge on any atom is -0.461 e. The molecule has 0 rings (SSSR count). The van der Waals surface area contributed by atoms with Gasteiger partial charge >= 0.3 is 5.97 Å². The molecule has 1 atom stereocenters. The summed E-state index contributed by atoms with van der Waals surface area (Å²) in [6.07, 6.45) is 5.78. The lowest BCUT2D eigenvalue weighted by Crippen LogP contribution is -2.24. The van der Waals surface area contributed by atoms with Crippen molar-refractivity contribution in [2.45, 2.75) is 70.7 Å². The minimum absolute atomic E-state index is 0.0114. The number of hydrogen-bond donors (Lipinski definition) is 0. The van der Waals surface area contributed by atoms with E-state index in [2.05, 4.69) is 27.7 Å². The summed E-state index contributed by atoms with van der Waals surface area (Å²) in [5.41, 5.74) is 0. The van der Waals surface area contributed by atoms with Crippen LogP contribution in [-0.4, -0.2) is 28.5 Å². The first-order valence-corrected chi connectivity index (χ1v) is 8.30. The van der Waals surface area contributed by atoms with Crippen LogP contribution in [0.5, 0.6) is 0 Å². The first kappa shape index (κ1) is 18.1. The first-order chi connectivity index (χ1) is 8.39. The van der Waals surface area contributed by atoms with E-state index < -0.39 is 0 Å². The number of thioether (sulfide) groups is 1. The molecule has 0 saturated heterocycles. The molecule has 0 bridgehead atoms. The van der Waals surface area contributed by atoms with Gasteiger partial charge in [0.15, 0.2) is 0 Å². The molecule has 0 aromatic rings. The van der Waals surface area contributed by atoms with Crippen LogP contribution in [0.1, 0.15) is 59.8 Å². The van der Waals surface area contributed by atoms with Crippen molar-refractivity contribution in [2.75, 3.05) is 11.6 Å². The average molecular weight is 295 g/mol. The fourth-order valence-corrected chi connectivity index (χ4v) is 2.52. The molecule has 0 heterocycles. The molecule has 0 spiro atoms. The standard InChI is InChI=1S/C14H27ClO2S/c1-5-6-7-8-9-12(17-13(16)10-15)11-18-14(2,3)4/h12H,5-11H2,1-4H3/t12-/m0/s1. The third kappa shape index (κ3) is 11.2. The van der Waals surface area contributed by atoms with Crippen LogP contribution in [0.15, 0.2) is 0 Å². The van der Waals surface area contributed by atoms with E-state index in [-0.39, 0.29) is 22.7 Å². The maximum absolute atomic E-state index is 11.3. The molecule has 0 saturated carbocycles. The summed E-state index contributed by atoms with van der Waals surface area (Å²) in [7, 11) is 0. The molecule has 0 unspecified atom stereocenters. The van der Waals surface area contributed by atoms with E-state index >= 15 is 0 Å². The molecule has 108 valence electrons. The number of alkyl halides is 1. The normalized spacial score (nSPS) is 13.4. The van der Waals surface area contributed by atoms with Gasteiger partial charge in [-0.2, -0.15) is 11.8 Å². The number of hydrogen-bond acceptors (Lipinski definition) is 3. The third-order valence-corrected chi connectivity index (χ3v) is 4.11. The summed E-state index contributed by atoms with van der Waals surface area (Å²) in [6, 6.07) is 0. The van der Waals surface area contributed by atoms with Crippen molar-refractivity contribution in [3.63, 3.8) is 0 Å². The smallest absolute Gasteiger partial charge is 0.321 e. The van der Waals surface area contributed by atoms with Crippen molar-refractivity contribution in [2.24, 2.45) is 0 Å². The molecular weight excluding hydrogens is 268 g/mol. The van der Waals surface area contributed by atoms with Crippen molar-refractivity contribution in [3.8, 4) is 0 Å². The second-order valence-corrected chi connectivity index (χ2v) is 7.63. The van der Waals surface area contributed by atoms with Crippen LogP contribution in [0.2, 0.25) is 0 Å². The number of unbranched alkanes of at least 4 members (excludes halogenated alkanes) is 3. The number of esters is 1. The Morgan fingerprint density at radius 1 is 1.28 bits per heavy atom. The highest BCUT2D eigenvalue weighted by molar-refractivity contribution is 8.00. The van der Waals surface area contributed by atoms with E-state index in [4.69, 9.17) is 16.3 Å². The summed E-state index contributed by atoms with van der Waals surface area (Å²) in [5.74, 6) is 0.510. The van der Waals surface area contributed by atoms with Gasteiger partial charge in [0.1, 0.15) is 12.0 Å². The Kier molecular flexibility index (Phi) is 10.0. The first-order valence-electron chi connectivity index (χ1n) is 6.78. The molecule has 0 aliphatic heterocycles. The predicted molar refractivity (Wildman–Crippen MR) is 81.6 cm³/mol. The number of ether oxygens (including phenoxy) is 1. The Balaban J connectivity index is 4.03. The van der Waals surface area contributed by atoms with Crippen LogP contribution in [0.4, 0.5) is 0 Å². The van der Waals surface area contributed by atoms with Gasteiger partial charge in [-0.25, -0.2) is 0 Å². The van der Waals surface area contributed by atoms with E-state index in [1.807, 2.05) is 11.8 Å². The maximum atomic E-state index is 11.3. The van der Waals surface area contributed by atoms with Gasteiger partial charge in [0, 0.05) is 10.5 Å². The van der Waals surface area contributed by atoms with Crippen molar-refractivity contribution < 1.29 is 9.53 Å². The summed E-state index contributed by atoms with van der Waals surface area (Å²) in [4.78, 5) is 11.3. The van der Waals surface area contributed by atoms with Crippen LogP contribution in [0, 0.1) is 0 Å². The molecular formula is C14H27ClO2S. The van der Waals surface area contributed by atoms with Crippen LogP contribution in [0.25, 0.3) is 0 Å². The summed E-state index contributed by atoms with van der Waals surface area (Å²) in [6.45, 7) is 8.72. The highest BCUT2D eigenvalue weighted by Gasteiger charge is 2.18. The Bertz CT molecular complexity index is 226. The Labute approximate surface area is 121 Å². The van der Waals surface area contributed by atoms with Crippen LogP contribution in [-0.2, 0) is 9.53 Å². The largest absolute Gasteiger partial charge is 0.461 e. The van der Waals surface area contributed by atoms with Crippen LogP contribution in [0.3, 0.4) is 0 Å². The van der Waals surface area contributed by atoms with E-state index in [9.17, 15) is 4.79 Å². The van der Waals surface area contributed by atoms with Crippen molar-refractivity contribution in [1.29, 1.82) is 0 Å². The number of carbonyl (C=O) groups is 1. The molecule has 0 aliphatic rings. The highest BCUT2D eigenvalue weighted by atomic mass is 35.5. The molecule has 0 radical (unpaired) electrons. The molecule has 0 fully saturated rings. The lowest BCUT2D eigenvalue weighted by molar-refractivity contribution is -0.145. The van der Waals surface area contributed by atoms with Crippen molar-refractivity contribution >= 4 is 29.3 Å². The van der Waals surface area contributed by atoms with E-state index in [1.54, 1.807) is 0 Å². The zero-order chi connectivity index (χ0) is 14.0. The van der Waals surface area contributed by atoms with E-state index in [0.717, 1.165) is 18.6 Å². The molecule has 2 nitrogen and oxygen atoms in total. The molecule has 4 heteroatoms. The quantitative estimate of drug-likeness (QED) is 0.352. The fraction of sp³-hybridized carbons (Fsp3) is 0.929. The van der Waals surface area contributed by atoms with Gasteiger partial charge in [-0.3, -0.25) is 4.79 Å². The SMILES string of the molecule is CCCCCC[C@@H](CSC(C)(C)C)OC(=O)CCl. The van der Waals surface area contributed by atoms with E-state index in [1.165, 1.54) is 19.3 Å². The Morgan fingerprint density at radius 2 is 1.94 bits per heavy atom. The van der Waals surface area contributed by atoms with Gasteiger partial charge in [-0.05, 0) is 12.8 Å². The Hall–Kier alpha value is 0.110. The number of halogens is 1. The molecule has 0 N–H and O–H groups in total. The number of rotatable bonds is 9. The van der Waals surface area contributed by atoms with Crippen molar-refractivity contribution in [3.05, 3.63) is 0 Å². The molecule has 18 heavy (non-hydrogen) atoms. The third-order valence-electron chi connectivity index (χ3n) is 2.49. The molecule has 0 aromatic carbocycles. The molecule has 0 aromatic heterocycles. The minimum atomic E-state index is -0.299. The monoisotopic (exact) mass is 294 g/mol. The van der Waals surface area contributed by atoms with Gasteiger partial charge in [0.05, 0.1) is 0 Å². The summed E-state index contributed by atoms with van der Waals surface area (Å²) >= 11 is 7.33.